The Morgan fingerprint density at radius 1 is 0.860 bits per heavy atom. The second kappa shape index (κ2) is 10.7. The molecule has 7 aliphatic rings. The Bertz CT molecular complexity index is 1560. The van der Waals surface area contributed by atoms with E-state index in [0.717, 1.165) is 6.42 Å². The monoisotopic (exact) mass is 703 g/mol. The lowest BCUT2D eigenvalue weighted by Crippen LogP contribution is -2.85. The van der Waals surface area contributed by atoms with E-state index in [-0.39, 0.29) is 42.9 Å². The topological polar surface area (TPSA) is 188 Å². The fourth-order valence-corrected chi connectivity index (χ4v) is 12.8. The van der Waals surface area contributed by atoms with Crippen LogP contribution in [0.15, 0.2) is 12.1 Å². The van der Waals surface area contributed by atoms with Gasteiger partial charge >= 0.3 is 5.97 Å². The van der Waals surface area contributed by atoms with Gasteiger partial charge in [-0.15, -0.1) is 0 Å². The molecule has 2 unspecified atom stereocenters. The largest absolute Gasteiger partial charge is 0.493 e. The summed E-state index contributed by atoms with van der Waals surface area (Å²) >= 11 is 0. The van der Waals surface area contributed by atoms with Crippen LogP contribution < -0.4 is 14.2 Å². The molecule has 50 heavy (non-hydrogen) atoms. The average Bonchev–Trinajstić information content (AvgIpc) is 3.24. The molecule has 3 heterocycles. The third-order valence-electron chi connectivity index (χ3n) is 15.2. The smallest absolute Gasteiger partial charge is 0.338 e. The van der Waals surface area contributed by atoms with Gasteiger partial charge in [-0.05, 0) is 63.5 Å². The molecule has 13 nitrogen and oxygen atoms in total. The van der Waals surface area contributed by atoms with Crippen LogP contribution in [-0.2, 0) is 9.47 Å². The lowest BCUT2D eigenvalue weighted by molar-refractivity contribution is -0.354. The van der Waals surface area contributed by atoms with Crippen molar-refractivity contribution in [2.75, 3.05) is 34.4 Å². The van der Waals surface area contributed by atoms with Crippen LogP contribution in [0.3, 0.4) is 0 Å². The third kappa shape index (κ3) is 3.88. The van der Waals surface area contributed by atoms with E-state index in [1.54, 1.807) is 6.92 Å². The molecule has 7 fully saturated rings. The Labute approximate surface area is 292 Å². The molecule has 3 saturated heterocycles. The first-order valence-corrected chi connectivity index (χ1v) is 18.2. The lowest BCUT2D eigenvalue weighted by atomic mass is 9.49. The fraction of sp³-hybridized carbons (Fsp3) is 0.811. The Hall–Kier alpha value is -2.23. The van der Waals surface area contributed by atoms with Gasteiger partial charge in [-0.2, -0.15) is 0 Å². The molecule has 4 aliphatic carbocycles. The number of esters is 1. The van der Waals surface area contributed by atoms with Gasteiger partial charge in [0.1, 0.15) is 22.4 Å². The molecule has 6 N–H and O–H groups in total. The third-order valence-corrected chi connectivity index (χ3v) is 15.2. The van der Waals surface area contributed by atoms with Crippen LogP contribution in [0.4, 0.5) is 0 Å². The van der Waals surface area contributed by atoms with Crippen LogP contribution in [0.1, 0.15) is 82.5 Å². The molecular formula is C37H53NO12. The average molecular weight is 704 g/mol. The van der Waals surface area contributed by atoms with Crippen LogP contribution in [0.5, 0.6) is 17.2 Å². The summed E-state index contributed by atoms with van der Waals surface area (Å²) in [5.74, 6) is -3.76. The van der Waals surface area contributed by atoms with E-state index < -0.39 is 81.2 Å². The molecule has 0 radical (unpaired) electrons. The zero-order chi connectivity index (χ0) is 36.0. The van der Waals surface area contributed by atoms with Gasteiger partial charge in [-0.25, -0.2) is 4.79 Å². The molecule has 0 aromatic heterocycles. The molecular weight excluding hydrogens is 650 g/mol. The first kappa shape index (κ1) is 34.8. The van der Waals surface area contributed by atoms with Gasteiger partial charge in [-0.1, -0.05) is 13.8 Å². The molecule has 4 bridgehead atoms. The highest BCUT2D eigenvalue weighted by Gasteiger charge is 2.88. The zero-order valence-corrected chi connectivity index (χ0v) is 29.8. The number of fused-ring (bicyclic) bond motifs is 5. The van der Waals surface area contributed by atoms with Crippen molar-refractivity contribution in [3.63, 3.8) is 0 Å². The number of carbonyl (C=O) groups excluding carboxylic acids is 1. The second-order valence-electron chi connectivity index (χ2n) is 17.1. The normalized spacial score (nSPS) is 51.9. The van der Waals surface area contributed by atoms with Crippen LogP contribution in [0.2, 0.25) is 0 Å². The Balaban J connectivity index is 1.16. The van der Waals surface area contributed by atoms with Crippen LogP contribution in [0.25, 0.3) is 0 Å². The van der Waals surface area contributed by atoms with E-state index >= 15 is 0 Å². The number of methoxy groups -OCH3 is 3. The predicted molar refractivity (Wildman–Crippen MR) is 176 cm³/mol. The first-order valence-electron chi connectivity index (χ1n) is 18.2. The molecule has 1 spiro atoms. The van der Waals surface area contributed by atoms with Crippen molar-refractivity contribution in [2.45, 2.75) is 124 Å². The van der Waals surface area contributed by atoms with Gasteiger partial charge in [-0.3, -0.25) is 4.90 Å². The van der Waals surface area contributed by atoms with Crippen LogP contribution >= 0.6 is 0 Å². The molecule has 13 heteroatoms. The van der Waals surface area contributed by atoms with Crippen LogP contribution in [0, 0.1) is 29.1 Å². The lowest BCUT2D eigenvalue weighted by Gasteiger charge is -2.68. The molecule has 0 amide bonds. The van der Waals surface area contributed by atoms with Gasteiger partial charge < -0.3 is 54.3 Å². The van der Waals surface area contributed by atoms with Gasteiger partial charge in [0.05, 0.1) is 38.6 Å². The summed E-state index contributed by atoms with van der Waals surface area (Å²) in [5, 5.41) is 74.9. The number of piperidine rings is 2. The summed E-state index contributed by atoms with van der Waals surface area (Å²) in [7, 11) is 4.35. The number of hydrogen-bond acceptors (Lipinski definition) is 13. The number of rotatable bonds is 5. The van der Waals surface area contributed by atoms with Gasteiger partial charge in [0, 0.05) is 55.1 Å². The van der Waals surface area contributed by atoms with E-state index in [1.807, 2.05) is 6.92 Å². The number of nitrogens with zero attached hydrogens (tertiary/aromatic N) is 1. The van der Waals surface area contributed by atoms with E-state index in [2.05, 4.69) is 11.8 Å². The molecule has 3 aliphatic heterocycles. The van der Waals surface area contributed by atoms with Gasteiger partial charge in [0.25, 0.3) is 0 Å². The highest BCUT2D eigenvalue weighted by Crippen LogP contribution is 2.78. The summed E-state index contributed by atoms with van der Waals surface area (Å²) in [5.41, 5.74) is -9.64. The number of aliphatic hydroxyl groups is 6. The summed E-state index contributed by atoms with van der Waals surface area (Å²) in [6.07, 6.45) is -0.0196. The van der Waals surface area contributed by atoms with Gasteiger partial charge in [0.2, 0.25) is 11.5 Å². The zero-order valence-electron chi connectivity index (χ0n) is 29.8. The minimum Gasteiger partial charge on any atom is -0.493 e. The van der Waals surface area contributed by atoms with Gasteiger partial charge in [0.15, 0.2) is 17.6 Å². The molecule has 1 aromatic carbocycles. The Kier molecular flexibility index (Phi) is 7.44. The maximum absolute atomic E-state index is 13.7. The molecule has 1 aromatic rings. The summed E-state index contributed by atoms with van der Waals surface area (Å²) in [6, 6.07) is 2.54. The van der Waals surface area contributed by atoms with Crippen molar-refractivity contribution in [3.8, 4) is 17.2 Å². The minimum atomic E-state index is -2.11. The number of hydrogen-bond donors (Lipinski definition) is 6. The molecule has 8 rings (SSSR count). The highest BCUT2D eigenvalue weighted by atomic mass is 16.7. The number of aliphatic hydroxyl groups excluding tert-OH is 1. The fourth-order valence-electron chi connectivity index (χ4n) is 12.8. The van der Waals surface area contributed by atoms with Crippen molar-refractivity contribution in [2.24, 2.45) is 29.1 Å². The number of ether oxygens (including phenoxy) is 5. The first-order chi connectivity index (χ1) is 23.4. The van der Waals surface area contributed by atoms with Crippen LogP contribution in [-0.4, -0.2) is 128 Å². The molecule has 4 saturated carbocycles. The maximum atomic E-state index is 13.7. The van der Waals surface area contributed by atoms with E-state index in [4.69, 9.17) is 23.7 Å². The molecule has 14 atom stereocenters. The standard InChI is InChI=1S/C37H53NO12/c1-19-7-10-26-32(3,41)36(44)25(17-38(26)16-19)34(43)18-35-24(33(34,42)15-27(36)39)9-8-23-31(35,2)12-11-28(37(23,45)50-35)49-30(40)20-13-21(46-4)29(48-6)22(14-20)47-5/h13-14,19,23-28,39,41-45H,7-12,15-18H2,1-6H3/t19-,23?,24-,25-,26-,27-,28+,31-,32+,33+,34+,35?,36-,37-/m0/s1. The minimum absolute atomic E-state index is 0.117. The summed E-state index contributed by atoms with van der Waals surface area (Å²) < 4.78 is 29.2. The maximum Gasteiger partial charge on any atom is 0.338 e. The quantitative estimate of drug-likeness (QED) is 0.242. The van der Waals surface area contributed by atoms with E-state index in [0.29, 0.717) is 43.9 Å². The van der Waals surface area contributed by atoms with Crippen molar-refractivity contribution >= 4 is 5.97 Å². The SMILES string of the molecule is COc1cc(C(=O)O[C@@H]2CC[C@@]3(C)C4CC[C@@H]5C3(C[C@@]3(O)[C@@H]6CN7C[C@@H](C)CC[C@H]7[C@@](C)(O)[C@@]6(O)[C@@H](O)C[C@@]53O)O[C@@]42O)cc(OC)c1OC. The second-order valence-corrected chi connectivity index (χ2v) is 17.1. The van der Waals surface area contributed by atoms with E-state index in [9.17, 15) is 35.4 Å². The number of benzene rings is 1. The Morgan fingerprint density at radius 3 is 2.16 bits per heavy atom. The van der Waals surface area contributed by atoms with Crippen molar-refractivity contribution in [3.05, 3.63) is 17.7 Å². The van der Waals surface area contributed by atoms with E-state index in [1.165, 1.54) is 33.5 Å². The van der Waals surface area contributed by atoms with Crippen molar-refractivity contribution < 1.29 is 59.1 Å². The Morgan fingerprint density at radius 2 is 1.52 bits per heavy atom. The highest BCUT2D eigenvalue weighted by molar-refractivity contribution is 5.91. The predicted octanol–water partition coefficient (Wildman–Crippen LogP) is 1.36. The molecule has 278 valence electrons. The summed E-state index contributed by atoms with van der Waals surface area (Å²) in [4.78, 5) is 15.8. The number of carbonyl (C=O) groups is 1. The van der Waals surface area contributed by atoms with Crippen molar-refractivity contribution in [1.82, 2.24) is 4.90 Å². The summed E-state index contributed by atoms with van der Waals surface area (Å²) in [6.45, 7) is 6.54. The van der Waals surface area contributed by atoms with Crippen molar-refractivity contribution in [1.29, 1.82) is 0 Å².